The number of hydrogen-bond acceptors (Lipinski definition) is 3. The van der Waals surface area contributed by atoms with E-state index in [1.54, 1.807) is 7.11 Å². The highest BCUT2D eigenvalue weighted by Crippen LogP contribution is 2.24. The van der Waals surface area contributed by atoms with E-state index in [-0.39, 0.29) is 0 Å². The lowest BCUT2D eigenvalue weighted by molar-refractivity contribution is 0.415. The molecular weight excluding hydrogens is 214 g/mol. The van der Waals surface area contributed by atoms with Gasteiger partial charge in [0.15, 0.2) is 0 Å². The fourth-order valence-corrected chi connectivity index (χ4v) is 1.73. The number of nitrogens with zero attached hydrogens (tertiary/aromatic N) is 1. The molecular formula is C13H17N3O. The van der Waals surface area contributed by atoms with E-state index in [4.69, 9.17) is 4.74 Å². The van der Waals surface area contributed by atoms with Crippen molar-refractivity contribution in [3.8, 4) is 17.0 Å². The van der Waals surface area contributed by atoms with Crippen LogP contribution in [0.1, 0.15) is 12.5 Å². The van der Waals surface area contributed by atoms with Gasteiger partial charge in [0.25, 0.3) is 0 Å². The van der Waals surface area contributed by atoms with Gasteiger partial charge in [0, 0.05) is 17.7 Å². The van der Waals surface area contributed by atoms with Crippen LogP contribution < -0.4 is 10.1 Å². The predicted molar refractivity (Wildman–Crippen MR) is 68.0 cm³/mol. The summed E-state index contributed by atoms with van der Waals surface area (Å²) >= 11 is 0. The molecule has 0 saturated heterocycles. The van der Waals surface area contributed by atoms with E-state index < -0.39 is 0 Å². The molecule has 2 rings (SSSR count). The molecule has 1 aromatic carbocycles. The van der Waals surface area contributed by atoms with Crippen molar-refractivity contribution < 1.29 is 4.74 Å². The van der Waals surface area contributed by atoms with Crippen LogP contribution in [0.5, 0.6) is 5.75 Å². The van der Waals surface area contributed by atoms with Gasteiger partial charge in [-0.3, -0.25) is 5.10 Å². The number of aromatic nitrogens is 2. The Morgan fingerprint density at radius 2 is 2.29 bits per heavy atom. The third-order valence-electron chi connectivity index (χ3n) is 2.64. The first-order valence-corrected chi connectivity index (χ1v) is 5.72. The van der Waals surface area contributed by atoms with Crippen LogP contribution in [0.25, 0.3) is 11.3 Å². The van der Waals surface area contributed by atoms with Crippen molar-refractivity contribution in [2.75, 3.05) is 13.7 Å². The second-order valence-electron chi connectivity index (χ2n) is 3.78. The quantitative estimate of drug-likeness (QED) is 0.829. The van der Waals surface area contributed by atoms with Gasteiger partial charge in [-0.1, -0.05) is 19.1 Å². The molecule has 0 amide bonds. The Hall–Kier alpha value is -1.81. The summed E-state index contributed by atoms with van der Waals surface area (Å²) in [7, 11) is 1.67. The Balaban J connectivity index is 2.28. The highest BCUT2D eigenvalue weighted by Gasteiger charge is 2.07. The van der Waals surface area contributed by atoms with Crippen LogP contribution in [0.4, 0.5) is 0 Å². The molecule has 2 aromatic rings. The summed E-state index contributed by atoms with van der Waals surface area (Å²) in [6.07, 6.45) is 1.86. The fraction of sp³-hybridized carbons (Fsp3) is 0.308. The van der Waals surface area contributed by atoms with Gasteiger partial charge in [-0.15, -0.1) is 0 Å². The Bertz CT molecular complexity index is 479. The Morgan fingerprint density at radius 3 is 3.06 bits per heavy atom. The first-order valence-electron chi connectivity index (χ1n) is 5.72. The second-order valence-corrected chi connectivity index (χ2v) is 3.78. The zero-order valence-corrected chi connectivity index (χ0v) is 10.2. The summed E-state index contributed by atoms with van der Waals surface area (Å²) in [6, 6.07) is 7.96. The van der Waals surface area contributed by atoms with Crippen LogP contribution in [0, 0.1) is 0 Å². The van der Waals surface area contributed by atoms with Crippen LogP contribution in [-0.4, -0.2) is 23.9 Å². The van der Waals surface area contributed by atoms with Gasteiger partial charge in [0.2, 0.25) is 0 Å². The van der Waals surface area contributed by atoms with E-state index in [0.29, 0.717) is 0 Å². The predicted octanol–water partition coefficient (Wildman–Crippen LogP) is 2.19. The SMILES string of the molecule is CCNCc1cn[nH]c1-c1cccc(OC)c1. The average molecular weight is 231 g/mol. The van der Waals surface area contributed by atoms with Gasteiger partial charge >= 0.3 is 0 Å². The normalized spacial score (nSPS) is 10.5. The molecule has 0 bridgehead atoms. The van der Waals surface area contributed by atoms with Crippen molar-refractivity contribution in [3.05, 3.63) is 36.0 Å². The molecule has 0 aliphatic rings. The third-order valence-corrected chi connectivity index (χ3v) is 2.64. The van der Waals surface area contributed by atoms with E-state index in [2.05, 4.69) is 22.4 Å². The second kappa shape index (κ2) is 5.50. The molecule has 0 aliphatic heterocycles. The number of nitrogens with one attached hydrogen (secondary N) is 2. The Morgan fingerprint density at radius 1 is 1.41 bits per heavy atom. The summed E-state index contributed by atoms with van der Waals surface area (Å²) in [5.41, 5.74) is 3.31. The molecule has 0 radical (unpaired) electrons. The maximum Gasteiger partial charge on any atom is 0.119 e. The molecule has 0 atom stereocenters. The van der Waals surface area contributed by atoms with Crippen molar-refractivity contribution in [1.82, 2.24) is 15.5 Å². The molecule has 0 fully saturated rings. The van der Waals surface area contributed by atoms with Gasteiger partial charge in [-0.05, 0) is 18.7 Å². The van der Waals surface area contributed by atoms with Crippen LogP contribution in [-0.2, 0) is 6.54 Å². The summed E-state index contributed by atoms with van der Waals surface area (Å²) in [5.74, 6) is 0.853. The lowest BCUT2D eigenvalue weighted by atomic mass is 10.1. The molecule has 0 unspecified atom stereocenters. The number of rotatable bonds is 5. The third kappa shape index (κ3) is 2.65. The molecule has 2 N–H and O–H groups in total. The number of hydrogen-bond donors (Lipinski definition) is 2. The van der Waals surface area contributed by atoms with Crippen LogP contribution in [0.3, 0.4) is 0 Å². The van der Waals surface area contributed by atoms with Crippen molar-refractivity contribution >= 4 is 0 Å². The Kier molecular flexibility index (Phi) is 3.77. The topological polar surface area (TPSA) is 49.9 Å². The molecule has 90 valence electrons. The summed E-state index contributed by atoms with van der Waals surface area (Å²) in [4.78, 5) is 0. The lowest BCUT2D eigenvalue weighted by Gasteiger charge is -2.05. The average Bonchev–Trinajstić information content (AvgIpc) is 2.84. The molecule has 4 heteroatoms. The van der Waals surface area contributed by atoms with Gasteiger partial charge in [-0.25, -0.2) is 0 Å². The van der Waals surface area contributed by atoms with Gasteiger partial charge in [-0.2, -0.15) is 5.10 Å². The summed E-state index contributed by atoms with van der Waals surface area (Å²) in [6.45, 7) is 3.85. The first-order chi connectivity index (χ1) is 8.35. The van der Waals surface area contributed by atoms with Crippen molar-refractivity contribution in [2.24, 2.45) is 0 Å². The zero-order valence-electron chi connectivity index (χ0n) is 10.2. The maximum absolute atomic E-state index is 5.22. The maximum atomic E-state index is 5.22. The largest absolute Gasteiger partial charge is 0.497 e. The molecule has 4 nitrogen and oxygen atoms in total. The molecule has 0 saturated carbocycles. The summed E-state index contributed by atoms with van der Waals surface area (Å²) < 4.78 is 5.22. The van der Waals surface area contributed by atoms with Crippen LogP contribution in [0.2, 0.25) is 0 Å². The number of benzene rings is 1. The van der Waals surface area contributed by atoms with Crippen LogP contribution in [0.15, 0.2) is 30.5 Å². The molecule has 1 heterocycles. The minimum atomic E-state index is 0.819. The van der Waals surface area contributed by atoms with Crippen LogP contribution >= 0.6 is 0 Å². The monoisotopic (exact) mass is 231 g/mol. The van der Waals surface area contributed by atoms with E-state index >= 15 is 0 Å². The number of ether oxygens (including phenoxy) is 1. The smallest absolute Gasteiger partial charge is 0.119 e. The van der Waals surface area contributed by atoms with Crippen molar-refractivity contribution in [1.29, 1.82) is 0 Å². The first kappa shape index (κ1) is 11.7. The number of methoxy groups -OCH3 is 1. The summed E-state index contributed by atoms with van der Waals surface area (Å²) in [5, 5.41) is 10.4. The van der Waals surface area contributed by atoms with Crippen molar-refractivity contribution in [3.63, 3.8) is 0 Å². The molecule has 0 spiro atoms. The molecule has 17 heavy (non-hydrogen) atoms. The fourth-order valence-electron chi connectivity index (χ4n) is 1.73. The van der Waals surface area contributed by atoms with E-state index in [1.807, 2.05) is 30.5 Å². The van der Waals surface area contributed by atoms with E-state index in [1.165, 1.54) is 5.56 Å². The minimum absolute atomic E-state index is 0.819. The highest BCUT2D eigenvalue weighted by atomic mass is 16.5. The number of aromatic amines is 1. The standard InChI is InChI=1S/C13H17N3O/c1-3-14-8-11-9-15-16-13(11)10-5-4-6-12(7-10)17-2/h4-7,9,14H,3,8H2,1-2H3,(H,15,16). The lowest BCUT2D eigenvalue weighted by Crippen LogP contribution is -2.11. The minimum Gasteiger partial charge on any atom is -0.497 e. The molecule has 0 aliphatic carbocycles. The van der Waals surface area contributed by atoms with Gasteiger partial charge in [0.05, 0.1) is 19.0 Å². The van der Waals surface area contributed by atoms with Gasteiger partial charge in [0.1, 0.15) is 5.75 Å². The van der Waals surface area contributed by atoms with Gasteiger partial charge < -0.3 is 10.1 Å². The van der Waals surface area contributed by atoms with E-state index in [0.717, 1.165) is 30.1 Å². The van der Waals surface area contributed by atoms with Crippen molar-refractivity contribution in [2.45, 2.75) is 13.5 Å². The Labute approximate surface area is 101 Å². The zero-order chi connectivity index (χ0) is 12.1. The number of H-pyrrole nitrogens is 1. The molecule has 1 aromatic heterocycles. The highest BCUT2D eigenvalue weighted by molar-refractivity contribution is 5.64. The van der Waals surface area contributed by atoms with E-state index in [9.17, 15) is 0 Å².